The second-order valence-corrected chi connectivity index (χ2v) is 6.33. The van der Waals surface area contributed by atoms with Crippen LogP contribution >= 0.6 is 31.9 Å². The molecule has 0 unspecified atom stereocenters. The molecule has 0 N–H and O–H groups in total. The van der Waals surface area contributed by atoms with Crippen LogP contribution in [0.2, 0.25) is 0 Å². The third kappa shape index (κ3) is 3.93. The number of aryl methyl sites for hydroxylation is 2. The Kier molecular flexibility index (Phi) is 5.64. The molecule has 1 heterocycles. The highest BCUT2D eigenvalue weighted by atomic mass is 79.9. The van der Waals surface area contributed by atoms with Gasteiger partial charge in [-0.05, 0) is 35.7 Å². The molecule has 1 aromatic heterocycles. The minimum Gasteiger partial charge on any atom is -0.264 e. The van der Waals surface area contributed by atoms with Crippen molar-refractivity contribution in [3.63, 3.8) is 0 Å². The summed E-state index contributed by atoms with van der Waals surface area (Å²) >= 11 is 7.07. The number of nitrogens with zero attached hydrogens (tertiary/aromatic N) is 2. The van der Waals surface area contributed by atoms with Crippen LogP contribution in [0.25, 0.3) is 11.3 Å². The Bertz CT molecular complexity index is 517. The second kappa shape index (κ2) is 7.25. The average molecular weight is 386 g/mol. The maximum atomic E-state index is 4.47. The second-order valence-electron chi connectivity index (χ2n) is 4.68. The Hall–Kier alpha value is -0.610. The van der Waals surface area contributed by atoms with Crippen molar-refractivity contribution in [2.75, 3.05) is 5.33 Å². The molecule has 19 heavy (non-hydrogen) atoms. The molecule has 0 fully saturated rings. The molecule has 0 amide bonds. The predicted octanol–water partition coefficient (Wildman–Crippen LogP) is 5.19. The summed E-state index contributed by atoms with van der Waals surface area (Å²) in [5.74, 6) is 0. The van der Waals surface area contributed by atoms with Crippen LogP contribution in [0.4, 0.5) is 0 Å². The number of benzene rings is 1. The molecule has 0 spiro atoms. The molecule has 2 aromatic rings. The first-order chi connectivity index (χ1) is 9.22. The zero-order valence-corrected chi connectivity index (χ0v) is 14.2. The fourth-order valence-corrected chi connectivity index (χ4v) is 2.98. The van der Waals surface area contributed by atoms with E-state index in [-0.39, 0.29) is 0 Å². The molecule has 0 bridgehead atoms. The first-order valence-electron chi connectivity index (χ1n) is 6.56. The first-order valence-corrected chi connectivity index (χ1v) is 8.48. The van der Waals surface area contributed by atoms with E-state index in [1.54, 1.807) is 0 Å². The zero-order chi connectivity index (χ0) is 13.7. The van der Waals surface area contributed by atoms with E-state index in [1.165, 1.54) is 36.1 Å². The lowest BCUT2D eigenvalue weighted by Crippen LogP contribution is -2.02. The van der Waals surface area contributed by atoms with Gasteiger partial charge in [-0.2, -0.15) is 5.10 Å². The Labute approximate surface area is 131 Å². The SMILES string of the molecule is Cc1ccc(-c2c(Br)cnn2CCCCCBr)cc1. The first kappa shape index (κ1) is 14.8. The molecule has 1 aromatic carbocycles. The van der Waals surface area contributed by atoms with Gasteiger partial charge in [-0.25, -0.2) is 0 Å². The van der Waals surface area contributed by atoms with E-state index in [2.05, 4.69) is 72.8 Å². The normalized spacial score (nSPS) is 10.9. The lowest BCUT2D eigenvalue weighted by Gasteiger charge is -2.08. The van der Waals surface area contributed by atoms with Crippen molar-refractivity contribution < 1.29 is 0 Å². The van der Waals surface area contributed by atoms with E-state index in [0.717, 1.165) is 16.3 Å². The van der Waals surface area contributed by atoms with Crippen LogP contribution in [0.15, 0.2) is 34.9 Å². The number of unbranched alkanes of at least 4 members (excludes halogenated alkanes) is 2. The molecule has 4 heteroatoms. The minimum absolute atomic E-state index is 0.974. The van der Waals surface area contributed by atoms with Gasteiger partial charge < -0.3 is 0 Å². The molecule has 0 aliphatic heterocycles. The van der Waals surface area contributed by atoms with Gasteiger partial charge in [-0.15, -0.1) is 0 Å². The topological polar surface area (TPSA) is 17.8 Å². The van der Waals surface area contributed by atoms with Crippen molar-refractivity contribution in [1.82, 2.24) is 9.78 Å². The van der Waals surface area contributed by atoms with Crippen molar-refractivity contribution >= 4 is 31.9 Å². The van der Waals surface area contributed by atoms with E-state index in [9.17, 15) is 0 Å². The van der Waals surface area contributed by atoms with Gasteiger partial charge in [0.2, 0.25) is 0 Å². The molecule has 0 aliphatic carbocycles. The standard InChI is InChI=1S/C15H18Br2N2/c1-12-5-7-13(8-6-12)15-14(17)11-18-19(15)10-4-2-3-9-16/h5-8,11H,2-4,9-10H2,1H3. The molecule has 0 aliphatic rings. The highest BCUT2D eigenvalue weighted by molar-refractivity contribution is 9.10. The summed E-state index contributed by atoms with van der Waals surface area (Å²) in [6, 6.07) is 8.60. The van der Waals surface area contributed by atoms with Crippen molar-refractivity contribution in [3.05, 3.63) is 40.5 Å². The number of hydrogen-bond donors (Lipinski definition) is 0. The summed E-state index contributed by atoms with van der Waals surface area (Å²) in [5, 5.41) is 5.55. The lowest BCUT2D eigenvalue weighted by atomic mass is 10.1. The van der Waals surface area contributed by atoms with Gasteiger partial charge in [0.15, 0.2) is 0 Å². The van der Waals surface area contributed by atoms with E-state index in [1.807, 2.05) is 6.20 Å². The summed E-state index contributed by atoms with van der Waals surface area (Å²) in [6.45, 7) is 3.08. The van der Waals surface area contributed by atoms with E-state index >= 15 is 0 Å². The van der Waals surface area contributed by atoms with Gasteiger partial charge in [-0.3, -0.25) is 4.68 Å². The highest BCUT2D eigenvalue weighted by Gasteiger charge is 2.10. The molecule has 0 saturated heterocycles. The number of halogens is 2. The fourth-order valence-electron chi connectivity index (χ4n) is 2.06. The van der Waals surface area contributed by atoms with Crippen molar-refractivity contribution in [3.8, 4) is 11.3 Å². The molecule has 0 radical (unpaired) electrons. The van der Waals surface area contributed by atoms with Gasteiger partial charge in [0.1, 0.15) is 0 Å². The molecule has 2 rings (SSSR count). The molecular weight excluding hydrogens is 368 g/mol. The van der Waals surface area contributed by atoms with Crippen LogP contribution in [-0.2, 0) is 6.54 Å². The largest absolute Gasteiger partial charge is 0.264 e. The van der Waals surface area contributed by atoms with Gasteiger partial charge in [0.05, 0.1) is 16.4 Å². The average Bonchev–Trinajstić information content (AvgIpc) is 2.77. The molecule has 2 nitrogen and oxygen atoms in total. The Morgan fingerprint density at radius 2 is 1.84 bits per heavy atom. The summed E-state index contributed by atoms with van der Waals surface area (Å²) in [6.07, 6.45) is 5.51. The maximum Gasteiger partial charge on any atom is 0.0824 e. The summed E-state index contributed by atoms with van der Waals surface area (Å²) in [7, 11) is 0. The Morgan fingerprint density at radius 3 is 2.53 bits per heavy atom. The number of rotatable bonds is 6. The monoisotopic (exact) mass is 384 g/mol. The van der Waals surface area contributed by atoms with Gasteiger partial charge in [0, 0.05) is 17.4 Å². The predicted molar refractivity (Wildman–Crippen MR) is 87.7 cm³/mol. The van der Waals surface area contributed by atoms with Crippen LogP contribution in [0, 0.1) is 6.92 Å². The number of hydrogen-bond acceptors (Lipinski definition) is 1. The Morgan fingerprint density at radius 1 is 1.11 bits per heavy atom. The van der Waals surface area contributed by atoms with Gasteiger partial charge in [-0.1, -0.05) is 52.2 Å². The van der Waals surface area contributed by atoms with E-state index in [4.69, 9.17) is 0 Å². The minimum atomic E-state index is 0.974. The summed E-state index contributed by atoms with van der Waals surface area (Å²) in [4.78, 5) is 0. The highest BCUT2D eigenvalue weighted by Crippen LogP contribution is 2.28. The molecular formula is C15H18Br2N2. The van der Waals surface area contributed by atoms with Crippen LogP contribution < -0.4 is 0 Å². The van der Waals surface area contributed by atoms with Gasteiger partial charge in [0.25, 0.3) is 0 Å². The van der Waals surface area contributed by atoms with Crippen molar-refractivity contribution in [1.29, 1.82) is 0 Å². The third-order valence-corrected chi connectivity index (χ3v) is 4.26. The summed E-state index contributed by atoms with van der Waals surface area (Å²) in [5.41, 5.74) is 3.68. The van der Waals surface area contributed by atoms with Crippen molar-refractivity contribution in [2.45, 2.75) is 32.7 Å². The molecule has 102 valence electrons. The van der Waals surface area contributed by atoms with Crippen LogP contribution in [-0.4, -0.2) is 15.1 Å². The lowest BCUT2D eigenvalue weighted by molar-refractivity contribution is 0.559. The van der Waals surface area contributed by atoms with Crippen LogP contribution in [0.1, 0.15) is 24.8 Å². The van der Waals surface area contributed by atoms with E-state index in [0.29, 0.717) is 0 Å². The Balaban J connectivity index is 2.15. The molecule has 0 saturated carbocycles. The van der Waals surface area contributed by atoms with Crippen LogP contribution in [0.5, 0.6) is 0 Å². The van der Waals surface area contributed by atoms with Crippen molar-refractivity contribution in [2.24, 2.45) is 0 Å². The fraction of sp³-hybridized carbons (Fsp3) is 0.400. The van der Waals surface area contributed by atoms with Crippen LogP contribution in [0.3, 0.4) is 0 Å². The maximum absolute atomic E-state index is 4.47. The zero-order valence-electron chi connectivity index (χ0n) is 11.1. The quantitative estimate of drug-likeness (QED) is 0.494. The molecule has 0 atom stereocenters. The summed E-state index contributed by atoms with van der Waals surface area (Å²) < 4.78 is 3.17. The van der Waals surface area contributed by atoms with E-state index < -0.39 is 0 Å². The number of alkyl halides is 1. The smallest absolute Gasteiger partial charge is 0.0824 e. The third-order valence-electron chi connectivity index (χ3n) is 3.12. The number of aromatic nitrogens is 2. The van der Waals surface area contributed by atoms with Gasteiger partial charge >= 0.3 is 0 Å².